The molecule has 0 saturated carbocycles. The number of hydrogen-bond donors (Lipinski definition) is 0. The van der Waals surface area contributed by atoms with Gasteiger partial charge in [-0.3, -0.25) is 15.0 Å². The molecule has 0 bridgehead atoms. The van der Waals surface area contributed by atoms with Crippen molar-refractivity contribution in [2.45, 2.75) is 13.5 Å². The second-order valence-electron chi connectivity index (χ2n) is 5.82. The third-order valence-electron chi connectivity index (χ3n) is 3.99. The molecule has 0 aliphatic rings. The monoisotopic (exact) mass is 327 g/mol. The number of imidazole rings is 1. The molecule has 3 aromatic heterocycles. The molecule has 3 heterocycles. The Bertz CT molecular complexity index is 957. The molecule has 1 aromatic carbocycles. The van der Waals surface area contributed by atoms with Crippen molar-refractivity contribution in [1.29, 1.82) is 0 Å². The highest BCUT2D eigenvalue weighted by Gasteiger charge is 2.08. The highest BCUT2D eigenvalue weighted by atomic mass is 15.1. The summed E-state index contributed by atoms with van der Waals surface area (Å²) in [6.07, 6.45) is 9.17. The lowest BCUT2D eigenvalue weighted by Crippen LogP contribution is -2.03. The average Bonchev–Trinajstić information content (AvgIpc) is 3.13. The van der Waals surface area contributed by atoms with Crippen LogP contribution in [-0.2, 0) is 6.54 Å². The second kappa shape index (κ2) is 6.65. The normalized spacial score (nSPS) is 10.8. The van der Waals surface area contributed by atoms with E-state index in [1.165, 1.54) is 0 Å². The zero-order chi connectivity index (χ0) is 17.1. The standard InChI is InChI=1S/C20H17N5/c1-15-12-24-18(13-23-15)14-25-11-10-22-20(25)17-7-5-16(6-8-17)19-4-2-3-9-21-19/h2-13H,14H2,1H3. The average molecular weight is 327 g/mol. The fraction of sp³-hybridized carbons (Fsp3) is 0.100. The summed E-state index contributed by atoms with van der Waals surface area (Å²) in [6, 6.07) is 14.2. The zero-order valence-corrected chi connectivity index (χ0v) is 13.9. The quantitative estimate of drug-likeness (QED) is 0.573. The van der Waals surface area contributed by atoms with E-state index in [2.05, 4.69) is 48.8 Å². The van der Waals surface area contributed by atoms with E-state index >= 15 is 0 Å². The summed E-state index contributed by atoms with van der Waals surface area (Å²) in [6.45, 7) is 2.58. The van der Waals surface area contributed by atoms with Crippen molar-refractivity contribution in [1.82, 2.24) is 24.5 Å². The van der Waals surface area contributed by atoms with Gasteiger partial charge in [0.25, 0.3) is 0 Å². The maximum Gasteiger partial charge on any atom is 0.140 e. The first-order valence-electron chi connectivity index (χ1n) is 8.10. The van der Waals surface area contributed by atoms with E-state index in [0.717, 1.165) is 34.0 Å². The minimum Gasteiger partial charge on any atom is -0.325 e. The first kappa shape index (κ1) is 15.2. The van der Waals surface area contributed by atoms with Crippen LogP contribution >= 0.6 is 0 Å². The van der Waals surface area contributed by atoms with Crippen LogP contribution in [0.2, 0.25) is 0 Å². The second-order valence-corrected chi connectivity index (χ2v) is 5.82. The van der Waals surface area contributed by atoms with Crippen LogP contribution in [0.4, 0.5) is 0 Å². The Morgan fingerprint density at radius 1 is 0.800 bits per heavy atom. The molecule has 25 heavy (non-hydrogen) atoms. The minimum atomic E-state index is 0.643. The minimum absolute atomic E-state index is 0.643. The van der Waals surface area contributed by atoms with Crippen LogP contribution in [0.3, 0.4) is 0 Å². The molecule has 0 unspecified atom stereocenters. The van der Waals surface area contributed by atoms with Gasteiger partial charge in [-0.15, -0.1) is 0 Å². The smallest absolute Gasteiger partial charge is 0.140 e. The first-order valence-corrected chi connectivity index (χ1v) is 8.10. The van der Waals surface area contributed by atoms with E-state index in [0.29, 0.717) is 6.54 Å². The van der Waals surface area contributed by atoms with Crippen LogP contribution in [0.1, 0.15) is 11.4 Å². The largest absolute Gasteiger partial charge is 0.325 e. The SMILES string of the molecule is Cc1cnc(Cn2ccnc2-c2ccc(-c3ccccn3)cc2)cn1. The van der Waals surface area contributed by atoms with Crippen molar-refractivity contribution in [3.05, 3.63) is 84.8 Å². The van der Waals surface area contributed by atoms with Crippen LogP contribution < -0.4 is 0 Å². The Kier molecular flexibility index (Phi) is 4.04. The van der Waals surface area contributed by atoms with Gasteiger partial charge in [0.15, 0.2) is 0 Å². The Morgan fingerprint density at radius 3 is 2.36 bits per heavy atom. The summed E-state index contributed by atoms with van der Waals surface area (Å²) in [5.41, 5.74) is 4.94. The van der Waals surface area contributed by atoms with Gasteiger partial charge in [-0.25, -0.2) is 4.98 Å². The Hall–Kier alpha value is -3.34. The van der Waals surface area contributed by atoms with Crippen molar-refractivity contribution in [2.75, 3.05) is 0 Å². The molecule has 0 saturated heterocycles. The number of rotatable bonds is 4. The Morgan fingerprint density at radius 2 is 1.64 bits per heavy atom. The molecule has 4 rings (SSSR count). The van der Waals surface area contributed by atoms with E-state index in [1.807, 2.05) is 43.7 Å². The predicted octanol–water partition coefficient (Wildman–Crippen LogP) is 3.76. The lowest BCUT2D eigenvalue weighted by Gasteiger charge is -2.08. The van der Waals surface area contributed by atoms with Gasteiger partial charge in [0.05, 0.1) is 29.8 Å². The van der Waals surface area contributed by atoms with E-state index in [4.69, 9.17) is 0 Å². The molecule has 0 amide bonds. The molecule has 0 aliphatic heterocycles. The molecule has 5 heteroatoms. The fourth-order valence-electron chi connectivity index (χ4n) is 2.70. The van der Waals surface area contributed by atoms with Crippen molar-refractivity contribution in [3.63, 3.8) is 0 Å². The first-order chi connectivity index (χ1) is 12.3. The van der Waals surface area contributed by atoms with Gasteiger partial charge in [0.2, 0.25) is 0 Å². The van der Waals surface area contributed by atoms with Crippen molar-refractivity contribution < 1.29 is 0 Å². The number of aryl methyl sites for hydroxylation is 1. The molecule has 0 N–H and O–H groups in total. The van der Waals surface area contributed by atoms with Crippen LogP contribution in [0.15, 0.2) is 73.4 Å². The topological polar surface area (TPSA) is 56.5 Å². The third kappa shape index (κ3) is 3.30. The summed E-state index contributed by atoms with van der Waals surface area (Å²) >= 11 is 0. The van der Waals surface area contributed by atoms with Crippen molar-refractivity contribution >= 4 is 0 Å². The maximum atomic E-state index is 4.50. The molecule has 5 nitrogen and oxygen atoms in total. The number of pyridine rings is 1. The summed E-state index contributed by atoms with van der Waals surface area (Å²) in [5, 5.41) is 0. The van der Waals surface area contributed by atoms with E-state index in [-0.39, 0.29) is 0 Å². The van der Waals surface area contributed by atoms with Gasteiger partial charge in [0, 0.05) is 35.9 Å². The van der Waals surface area contributed by atoms with E-state index in [9.17, 15) is 0 Å². The highest BCUT2D eigenvalue weighted by molar-refractivity contribution is 5.65. The Balaban J connectivity index is 1.60. The van der Waals surface area contributed by atoms with Gasteiger partial charge >= 0.3 is 0 Å². The van der Waals surface area contributed by atoms with Gasteiger partial charge in [-0.05, 0) is 19.1 Å². The molecule has 122 valence electrons. The lowest BCUT2D eigenvalue weighted by atomic mass is 10.1. The number of benzene rings is 1. The molecule has 0 spiro atoms. The fourth-order valence-corrected chi connectivity index (χ4v) is 2.70. The van der Waals surface area contributed by atoms with Crippen LogP contribution in [0.25, 0.3) is 22.6 Å². The molecule has 0 atom stereocenters. The Labute approximate surface area is 146 Å². The summed E-state index contributed by atoms with van der Waals surface area (Å²) in [5.74, 6) is 0.912. The molecule has 0 aliphatic carbocycles. The third-order valence-corrected chi connectivity index (χ3v) is 3.99. The van der Waals surface area contributed by atoms with Crippen molar-refractivity contribution in [2.24, 2.45) is 0 Å². The van der Waals surface area contributed by atoms with Crippen molar-refractivity contribution in [3.8, 4) is 22.6 Å². The van der Waals surface area contributed by atoms with Crippen LogP contribution in [0, 0.1) is 6.92 Å². The van der Waals surface area contributed by atoms with Crippen LogP contribution in [0.5, 0.6) is 0 Å². The molecular weight excluding hydrogens is 310 g/mol. The molecule has 0 radical (unpaired) electrons. The van der Waals surface area contributed by atoms with Gasteiger partial charge in [-0.1, -0.05) is 30.3 Å². The highest BCUT2D eigenvalue weighted by Crippen LogP contribution is 2.23. The predicted molar refractivity (Wildman–Crippen MR) is 96.8 cm³/mol. The molecule has 0 fully saturated rings. The van der Waals surface area contributed by atoms with E-state index in [1.54, 1.807) is 12.4 Å². The zero-order valence-electron chi connectivity index (χ0n) is 13.9. The van der Waals surface area contributed by atoms with Gasteiger partial charge in [0.1, 0.15) is 5.82 Å². The number of hydrogen-bond acceptors (Lipinski definition) is 4. The number of aromatic nitrogens is 5. The van der Waals surface area contributed by atoms with Crippen LogP contribution in [-0.4, -0.2) is 24.5 Å². The summed E-state index contributed by atoms with van der Waals surface area (Å²) < 4.78 is 2.08. The van der Waals surface area contributed by atoms with E-state index < -0.39 is 0 Å². The number of nitrogens with zero attached hydrogens (tertiary/aromatic N) is 5. The maximum absolute atomic E-state index is 4.50. The van der Waals surface area contributed by atoms with Gasteiger partial charge in [-0.2, -0.15) is 0 Å². The molecular formula is C20H17N5. The summed E-state index contributed by atoms with van der Waals surface area (Å²) in [4.78, 5) is 17.6. The van der Waals surface area contributed by atoms with Gasteiger partial charge < -0.3 is 4.57 Å². The molecule has 4 aromatic rings. The lowest BCUT2D eigenvalue weighted by molar-refractivity contribution is 0.773. The summed E-state index contributed by atoms with van der Waals surface area (Å²) in [7, 11) is 0.